The summed E-state index contributed by atoms with van der Waals surface area (Å²) >= 11 is 6.01. The molecule has 0 radical (unpaired) electrons. The molecule has 0 atom stereocenters. The van der Waals surface area contributed by atoms with Crippen LogP contribution < -0.4 is 10.1 Å². The zero-order valence-corrected chi connectivity index (χ0v) is 13.7. The van der Waals surface area contributed by atoms with Crippen molar-refractivity contribution in [1.29, 1.82) is 0 Å². The molecule has 0 aliphatic heterocycles. The van der Waals surface area contributed by atoms with E-state index in [1.807, 2.05) is 26.8 Å². The van der Waals surface area contributed by atoms with Gasteiger partial charge in [-0.3, -0.25) is 4.79 Å². The molecule has 5 heteroatoms. The number of nitrogens with one attached hydrogen (secondary N) is 1. The van der Waals surface area contributed by atoms with Gasteiger partial charge in [0.1, 0.15) is 5.75 Å². The summed E-state index contributed by atoms with van der Waals surface area (Å²) in [5.41, 5.74) is 0.766. The van der Waals surface area contributed by atoms with Gasteiger partial charge in [0.2, 0.25) is 0 Å². The lowest BCUT2D eigenvalue weighted by Gasteiger charge is -2.29. The van der Waals surface area contributed by atoms with Crippen LogP contribution in [0.2, 0.25) is 5.02 Å². The van der Waals surface area contributed by atoms with Crippen LogP contribution in [0.3, 0.4) is 0 Å². The van der Waals surface area contributed by atoms with Crippen LogP contribution in [0.4, 0.5) is 0 Å². The van der Waals surface area contributed by atoms with Crippen molar-refractivity contribution < 1.29 is 14.6 Å². The van der Waals surface area contributed by atoms with Crippen molar-refractivity contribution in [2.45, 2.75) is 33.6 Å². The second kappa shape index (κ2) is 8.25. The highest BCUT2D eigenvalue weighted by atomic mass is 35.5. The van der Waals surface area contributed by atoms with Gasteiger partial charge in [-0.05, 0) is 37.5 Å². The van der Waals surface area contributed by atoms with Crippen molar-refractivity contribution in [3.63, 3.8) is 0 Å². The highest BCUT2D eigenvalue weighted by molar-refractivity contribution is 6.32. The number of hydrogen-bond acceptors (Lipinski definition) is 3. The number of amides is 1. The lowest BCUT2D eigenvalue weighted by atomic mass is 9.83. The third kappa shape index (κ3) is 5.21. The average molecular weight is 314 g/mol. The minimum absolute atomic E-state index is 0.0604. The van der Waals surface area contributed by atoms with Crippen LogP contribution >= 0.6 is 11.6 Å². The minimum atomic E-state index is -0.253. The van der Waals surface area contributed by atoms with Crippen molar-refractivity contribution in [2.75, 3.05) is 19.8 Å². The van der Waals surface area contributed by atoms with Crippen molar-refractivity contribution in [1.82, 2.24) is 5.32 Å². The molecule has 0 aliphatic carbocycles. The molecular weight excluding hydrogens is 290 g/mol. The smallest absolute Gasteiger partial charge is 0.257 e. The molecule has 0 unspecified atom stereocenters. The molecule has 0 saturated heterocycles. The van der Waals surface area contributed by atoms with E-state index in [4.69, 9.17) is 16.3 Å². The third-order valence-corrected chi connectivity index (χ3v) is 4.25. The molecule has 0 fully saturated rings. The second-order valence-electron chi connectivity index (χ2n) is 5.36. The zero-order valence-electron chi connectivity index (χ0n) is 12.9. The monoisotopic (exact) mass is 313 g/mol. The second-order valence-corrected chi connectivity index (χ2v) is 5.77. The van der Waals surface area contributed by atoms with E-state index in [-0.39, 0.29) is 24.5 Å². The number of aryl methyl sites for hydroxylation is 1. The van der Waals surface area contributed by atoms with Crippen LogP contribution in [-0.4, -0.2) is 30.8 Å². The summed E-state index contributed by atoms with van der Waals surface area (Å²) in [5.74, 6) is 0.290. The molecule has 0 saturated carbocycles. The van der Waals surface area contributed by atoms with Gasteiger partial charge in [0.15, 0.2) is 6.61 Å². The Morgan fingerprint density at radius 3 is 2.62 bits per heavy atom. The number of aliphatic hydroxyl groups excluding tert-OH is 1. The summed E-state index contributed by atoms with van der Waals surface area (Å²) in [6, 6.07) is 5.42. The lowest BCUT2D eigenvalue weighted by molar-refractivity contribution is -0.123. The van der Waals surface area contributed by atoms with Crippen LogP contribution in [0, 0.1) is 12.3 Å². The average Bonchev–Trinajstić information content (AvgIpc) is 2.50. The topological polar surface area (TPSA) is 58.6 Å². The molecule has 1 aromatic carbocycles. The Balaban J connectivity index is 2.49. The molecule has 1 aromatic rings. The Labute approximate surface area is 131 Å². The van der Waals surface area contributed by atoms with Crippen LogP contribution in [0.5, 0.6) is 5.75 Å². The first-order valence-electron chi connectivity index (χ1n) is 7.23. The summed E-state index contributed by atoms with van der Waals surface area (Å²) in [4.78, 5) is 11.8. The number of hydrogen-bond donors (Lipinski definition) is 2. The Morgan fingerprint density at radius 1 is 1.38 bits per heavy atom. The fourth-order valence-corrected chi connectivity index (χ4v) is 2.15. The van der Waals surface area contributed by atoms with Crippen molar-refractivity contribution in [3.05, 3.63) is 28.8 Å². The van der Waals surface area contributed by atoms with Gasteiger partial charge < -0.3 is 15.2 Å². The summed E-state index contributed by atoms with van der Waals surface area (Å²) < 4.78 is 5.44. The van der Waals surface area contributed by atoms with Gasteiger partial charge in [-0.1, -0.05) is 31.5 Å². The molecule has 0 bridgehead atoms. The number of aliphatic hydroxyl groups is 1. The van der Waals surface area contributed by atoms with Crippen LogP contribution in [0.15, 0.2) is 18.2 Å². The highest BCUT2D eigenvalue weighted by Crippen LogP contribution is 2.26. The fourth-order valence-electron chi connectivity index (χ4n) is 1.98. The molecule has 0 aromatic heterocycles. The summed E-state index contributed by atoms with van der Waals surface area (Å²) in [7, 11) is 0. The molecule has 118 valence electrons. The van der Waals surface area contributed by atoms with Crippen LogP contribution in [0.25, 0.3) is 0 Å². The number of carbonyl (C=O) groups excluding carboxylic acids is 1. The maximum atomic E-state index is 11.8. The van der Waals surface area contributed by atoms with Crippen LogP contribution in [-0.2, 0) is 4.79 Å². The Morgan fingerprint density at radius 2 is 2.05 bits per heavy atom. The number of rotatable bonds is 8. The maximum absolute atomic E-state index is 11.8. The molecule has 2 N–H and O–H groups in total. The number of halogens is 1. The van der Waals surface area contributed by atoms with E-state index in [0.717, 1.165) is 18.4 Å². The van der Waals surface area contributed by atoms with Crippen molar-refractivity contribution >= 4 is 17.5 Å². The molecule has 21 heavy (non-hydrogen) atoms. The van der Waals surface area contributed by atoms with Gasteiger partial charge in [-0.2, -0.15) is 0 Å². The van der Waals surface area contributed by atoms with Crippen molar-refractivity contribution in [3.8, 4) is 5.75 Å². The minimum Gasteiger partial charge on any atom is -0.482 e. The van der Waals surface area contributed by atoms with Gasteiger partial charge >= 0.3 is 0 Å². The number of benzene rings is 1. The van der Waals surface area contributed by atoms with E-state index in [9.17, 15) is 9.90 Å². The number of ether oxygens (including phenoxy) is 1. The van der Waals surface area contributed by atoms with Gasteiger partial charge in [0.05, 0.1) is 11.6 Å². The largest absolute Gasteiger partial charge is 0.482 e. The molecule has 0 heterocycles. The van der Waals surface area contributed by atoms with Gasteiger partial charge in [0.25, 0.3) is 5.91 Å². The summed E-state index contributed by atoms with van der Waals surface area (Å²) in [5, 5.41) is 12.8. The lowest BCUT2D eigenvalue weighted by Crippen LogP contribution is -2.41. The Bertz CT molecular complexity index is 464. The third-order valence-electron chi connectivity index (χ3n) is 3.94. The first-order chi connectivity index (χ1) is 9.96. The van der Waals surface area contributed by atoms with E-state index in [1.54, 1.807) is 12.1 Å². The summed E-state index contributed by atoms with van der Waals surface area (Å²) in [6.45, 7) is 6.37. The first-order valence-corrected chi connectivity index (χ1v) is 7.60. The molecule has 1 rings (SSSR count). The zero-order chi connectivity index (χ0) is 15.9. The summed E-state index contributed by atoms with van der Waals surface area (Å²) in [6.07, 6.45) is 1.62. The fraction of sp³-hybridized carbons (Fsp3) is 0.562. The Kier molecular flexibility index (Phi) is 6.99. The standard InChI is InChI=1S/C16H24ClNO3/c1-4-16(5-2,11-19)10-18-15(20)9-21-14-8-12(3)6-7-13(14)17/h6-8,19H,4-5,9-11H2,1-3H3,(H,18,20). The normalized spacial score (nSPS) is 11.3. The van der Waals surface area contributed by atoms with E-state index in [0.29, 0.717) is 17.3 Å². The number of carbonyl (C=O) groups is 1. The van der Waals surface area contributed by atoms with Crippen LogP contribution in [0.1, 0.15) is 32.3 Å². The van der Waals surface area contributed by atoms with Gasteiger partial charge in [-0.25, -0.2) is 0 Å². The molecule has 1 amide bonds. The predicted molar refractivity (Wildman–Crippen MR) is 84.8 cm³/mol. The van der Waals surface area contributed by atoms with Gasteiger partial charge in [-0.15, -0.1) is 0 Å². The Hall–Kier alpha value is -1.26. The van der Waals surface area contributed by atoms with E-state index in [2.05, 4.69) is 5.32 Å². The van der Waals surface area contributed by atoms with E-state index >= 15 is 0 Å². The van der Waals surface area contributed by atoms with E-state index < -0.39 is 0 Å². The molecule has 0 spiro atoms. The van der Waals surface area contributed by atoms with Gasteiger partial charge in [0, 0.05) is 12.0 Å². The molecule has 4 nitrogen and oxygen atoms in total. The molecular formula is C16H24ClNO3. The SMILES string of the molecule is CCC(CC)(CO)CNC(=O)COc1cc(C)ccc1Cl. The van der Waals surface area contributed by atoms with E-state index in [1.165, 1.54) is 0 Å². The predicted octanol–water partition coefficient (Wildman–Crippen LogP) is 2.94. The highest BCUT2D eigenvalue weighted by Gasteiger charge is 2.25. The quantitative estimate of drug-likeness (QED) is 0.776. The van der Waals surface area contributed by atoms with Crippen molar-refractivity contribution in [2.24, 2.45) is 5.41 Å². The molecule has 0 aliphatic rings. The maximum Gasteiger partial charge on any atom is 0.257 e. The first kappa shape index (κ1) is 17.8.